The third-order valence-corrected chi connectivity index (χ3v) is 5.36. The van der Waals surface area contributed by atoms with Crippen LogP contribution in [0.4, 0.5) is 0 Å². The first kappa shape index (κ1) is 11.3. The molecule has 21 heavy (non-hydrogen) atoms. The first-order valence-electron chi connectivity index (χ1n) is 7.13. The highest BCUT2D eigenvalue weighted by atomic mass is 32.1. The molecule has 0 atom stereocenters. The van der Waals surface area contributed by atoms with Gasteiger partial charge in [0.05, 0.1) is 0 Å². The van der Waals surface area contributed by atoms with Crippen molar-refractivity contribution in [1.82, 2.24) is 0 Å². The molecule has 0 bridgehead atoms. The van der Waals surface area contributed by atoms with Crippen LogP contribution in [-0.4, -0.2) is 0 Å². The highest BCUT2D eigenvalue weighted by Crippen LogP contribution is 2.39. The molecule has 0 unspecified atom stereocenters. The van der Waals surface area contributed by atoms with Crippen LogP contribution in [0.3, 0.4) is 0 Å². The van der Waals surface area contributed by atoms with Crippen LogP contribution in [0.15, 0.2) is 72.8 Å². The van der Waals surface area contributed by atoms with E-state index in [1.54, 1.807) is 0 Å². The van der Waals surface area contributed by atoms with Gasteiger partial charge in [-0.3, -0.25) is 0 Å². The number of benzene rings is 4. The fourth-order valence-electron chi connectivity index (χ4n) is 3.24. The maximum Gasteiger partial charge on any atom is 0.0361 e. The summed E-state index contributed by atoms with van der Waals surface area (Å²) in [6.45, 7) is 0. The zero-order valence-electron chi connectivity index (χ0n) is 11.3. The molecule has 0 aliphatic heterocycles. The molecule has 0 amide bonds. The van der Waals surface area contributed by atoms with Crippen molar-refractivity contribution in [3.05, 3.63) is 72.8 Å². The minimum absolute atomic E-state index is 1.31. The van der Waals surface area contributed by atoms with Crippen LogP contribution in [0.1, 0.15) is 0 Å². The third kappa shape index (κ3) is 1.55. The third-order valence-electron chi connectivity index (χ3n) is 4.22. The topological polar surface area (TPSA) is 0 Å². The first-order valence-corrected chi connectivity index (χ1v) is 7.94. The molecule has 1 heterocycles. The summed E-state index contributed by atoms with van der Waals surface area (Å²) in [5.74, 6) is 0. The minimum atomic E-state index is 1.31. The molecule has 0 radical (unpaired) electrons. The van der Waals surface area contributed by atoms with Gasteiger partial charge in [-0.25, -0.2) is 0 Å². The van der Waals surface area contributed by atoms with E-state index in [-0.39, 0.29) is 0 Å². The number of hydrogen-bond donors (Lipinski definition) is 0. The summed E-state index contributed by atoms with van der Waals surface area (Å²) in [6, 6.07) is 26.5. The predicted octanol–water partition coefficient (Wildman–Crippen LogP) is 6.36. The smallest absolute Gasteiger partial charge is 0.0361 e. The van der Waals surface area contributed by atoms with Gasteiger partial charge in [-0.15, -0.1) is 11.3 Å². The SMILES string of the molecule is c1ccc2cc3c(ccc4sc5ccccc5c43)cc2c1. The van der Waals surface area contributed by atoms with E-state index >= 15 is 0 Å². The lowest BCUT2D eigenvalue weighted by Crippen LogP contribution is -1.77. The van der Waals surface area contributed by atoms with Crippen LogP contribution in [0.5, 0.6) is 0 Å². The lowest BCUT2D eigenvalue weighted by atomic mass is 10.00. The van der Waals surface area contributed by atoms with Crippen LogP contribution >= 0.6 is 11.3 Å². The van der Waals surface area contributed by atoms with Crippen molar-refractivity contribution in [3.63, 3.8) is 0 Å². The van der Waals surface area contributed by atoms with Gasteiger partial charge in [-0.2, -0.15) is 0 Å². The molecule has 0 aliphatic carbocycles. The van der Waals surface area contributed by atoms with Crippen molar-refractivity contribution >= 4 is 53.1 Å². The van der Waals surface area contributed by atoms with Crippen molar-refractivity contribution in [2.75, 3.05) is 0 Å². The Bertz CT molecular complexity index is 1130. The van der Waals surface area contributed by atoms with Crippen LogP contribution in [0.25, 0.3) is 41.7 Å². The molecular formula is C20H12S. The standard InChI is InChI=1S/C20H12S/c1-2-6-14-12-17-15(11-13(14)5-1)9-10-19-20(17)16-7-3-4-8-18(16)21-19/h1-12H. The Morgan fingerprint density at radius 2 is 1.29 bits per heavy atom. The number of hydrogen-bond acceptors (Lipinski definition) is 1. The summed E-state index contributed by atoms with van der Waals surface area (Å²) in [7, 11) is 0. The molecule has 0 nitrogen and oxygen atoms in total. The monoisotopic (exact) mass is 284 g/mol. The van der Waals surface area contributed by atoms with Crippen molar-refractivity contribution in [2.45, 2.75) is 0 Å². The van der Waals surface area contributed by atoms with Gasteiger partial charge in [0, 0.05) is 20.2 Å². The molecule has 1 heteroatoms. The van der Waals surface area contributed by atoms with Crippen molar-refractivity contribution in [2.24, 2.45) is 0 Å². The summed E-state index contributed by atoms with van der Waals surface area (Å²) in [5, 5.41) is 8.09. The largest absolute Gasteiger partial charge is 0.135 e. The second kappa shape index (κ2) is 4.06. The second-order valence-electron chi connectivity index (χ2n) is 5.46. The Morgan fingerprint density at radius 1 is 0.524 bits per heavy atom. The van der Waals surface area contributed by atoms with E-state index in [0.29, 0.717) is 0 Å². The van der Waals surface area contributed by atoms with E-state index in [4.69, 9.17) is 0 Å². The predicted molar refractivity (Wildman–Crippen MR) is 94.3 cm³/mol. The molecule has 4 aromatic carbocycles. The van der Waals surface area contributed by atoms with Crippen LogP contribution in [-0.2, 0) is 0 Å². The number of thiophene rings is 1. The fraction of sp³-hybridized carbons (Fsp3) is 0. The lowest BCUT2D eigenvalue weighted by Gasteiger charge is -2.04. The fourth-order valence-corrected chi connectivity index (χ4v) is 4.36. The van der Waals surface area contributed by atoms with Crippen molar-refractivity contribution in [3.8, 4) is 0 Å². The lowest BCUT2D eigenvalue weighted by molar-refractivity contribution is 1.80. The highest BCUT2D eigenvalue weighted by Gasteiger charge is 2.08. The zero-order valence-corrected chi connectivity index (χ0v) is 12.2. The van der Waals surface area contributed by atoms with Gasteiger partial charge in [-0.05, 0) is 45.8 Å². The Morgan fingerprint density at radius 3 is 2.19 bits per heavy atom. The highest BCUT2D eigenvalue weighted by molar-refractivity contribution is 7.26. The van der Waals surface area contributed by atoms with Gasteiger partial charge < -0.3 is 0 Å². The minimum Gasteiger partial charge on any atom is -0.135 e. The Hall–Kier alpha value is -2.38. The normalized spacial score (nSPS) is 11.8. The summed E-state index contributed by atoms with van der Waals surface area (Å²) in [4.78, 5) is 0. The molecule has 0 saturated carbocycles. The number of rotatable bonds is 0. The number of fused-ring (bicyclic) bond motifs is 6. The molecule has 5 aromatic rings. The van der Waals surface area contributed by atoms with Gasteiger partial charge in [0.25, 0.3) is 0 Å². The van der Waals surface area contributed by atoms with E-state index in [1.807, 2.05) is 11.3 Å². The van der Waals surface area contributed by atoms with Gasteiger partial charge in [0.2, 0.25) is 0 Å². The maximum absolute atomic E-state index is 2.34. The maximum atomic E-state index is 2.34. The molecule has 0 aliphatic rings. The van der Waals surface area contributed by atoms with Crippen LogP contribution in [0.2, 0.25) is 0 Å². The van der Waals surface area contributed by atoms with E-state index < -0.39 is 0 Å². The van der Waals surface area contributed by atoms with Gasteiger partial charge >= 0.3 is 0 Å². The summed E-state index contributed by atoms with van der Waals surface area (Å²) in [6.07, 6.45) is 0. The van der Waals surface area contributed by atoms with Gasteiger partial charge in [0.1, 0.15) is 0 Å². The van der Waals surface area contributed by atoms with Crippen LogP contribution < -0.4 is 0 Å². The molecule has 0 N–H and O–H groups in total. The average Bonchev–Trinajstić information content (AvgIpc) is 2.92. The Labute approximate surface area is 126 Å². The van der Waals surface area contributed by atoms with E-state index in [1.165, 1.54) is 41.7 Å². The summed E-state index contributed by atoms with van der Waals surface area (Å²) in [5.41, 5.74) is 0. The van der Waals surface area contributed by atoms with E-state index in [0.717, 1.165) is 0 Å². The molecular weight excluding hydrogens is 272 g/mol. The zero-order chi connectivity index (χ0) is 13.8. The van der Waals surface area contributed by atoms with Gasteiger partial charge in [0.15, 0.2) is 0 Å². The Kier molecular flexibility index (Phi) is 2.18. The second-order valence-corrected chi connectivity index (χ2v) is 6.54. The molecule has 0 spiro atoms. The van der Waals surface area contributed by atoms with Crippen LogP contribution in [0, 0.1) is 0 Å². The molecule has 98 valence electrons. The molecule has 0 fully saturated rings. The molecule has 5 rings (SSSR count). The average molecular weight is 284 g/mol. The quantitative estimate of drug-likeness (QED) is 0.290. The van der Waals surface area contributed by atoms with Gasteiger partial charge in [-0.1, -0.05) is 48.5 Å². The van der Waals surface area contributed by atoms with E-state index in [2.05, 4.69) is 72.8 Å². The van der Waals surface area contributed by atoms with Crippen molar-refractivity contribution < 1.29 is 0 Å². The van der Waals surface area contributed by atoms with Crippen molar-refractivity contribution in [1.29, 1.82) is 0 Å². The van der Waals surface area contributed by atoms with E-state index in [9.17, 15) is 0 Å². The summed E-state index contributed by atoms with van der Waals surface area (Å²) >= 11 is 1.88. The molecule has 0 saturated heterocycles. The Balaban J connectivity index is 2.09. The first-order chi connectivity index (χ1) is 10.4. The molecule has 1 aromatic heterocycles. The summed E-state index contributed by atoms with van der Waals surface area (Å²) < 4.78 is 2.74.